The number of hydrogen-bond acceptors (Lipinski definition) is 5. The maximum Gasteiger partial charge on any atom is 0.269 e. The van der Waals surface area contributed by atoms with Crippen molar-refractivity contribution in [3.8, 4) is 0 Å². The van der Waals surface area contributed by atoms with Gasteiger partial charge in [-0.1, -0.05) is 12.1 Å². The molecule has 1 aromatic rings. The Hall–Kier alpha value is -1.22. The molecule has 22 heavy (non-hydrogen) atoms. The summed E-state index contributed by atoms with van der Waals surface area (Å²) < 4.78 is 26.4. The Kier molecular flexibility index (Phi) is 5.06. The molecule has 1 aromatic carbocycles. The molecule has 2 fully saturated rings. The minimum absolute atomic E-state index is 0. The summed E-state index contributed by atoms with van der Waals surface area (Å²) >= 11 is 0. The Labute approximate surface area is 135 Å². The molecule has 7 nitrogen and oxygen atoms in total. The highest BCUT2D eigenvalue weighted by molar-refractivity contribution is 7.88. The van der Waals surface area contributed by atoms with E-state index in [9.17, 15) is 18.5 Å². The largest absolute Gasteiger partial charge is 0.316 e. The van der Waals surface area contributed by atoms with Crippen molar-refractivity contribution in [1.82, 2.24) is 9.62 Å². The fourth-order valence-electron chi connectivity index (χ4n) is 3.06. The third-order valence-electron chi connectivity index (χ3n) is 4.25. The van der Waals surface area contributed by atoms with E-state index in [2.05, 4.69) is 5.32 Å². The highest BCUT2D eigenvalue weighted by Crippen LogP contribution is 2.29. The second kappa shape index (κ2) is 6.49. The van der Waals surface area contributed by atoms with E-state index in [4.69, 9.17) is 0 Å². The van der Waals surface area contributed by atoms with Gasteiger partial charge in [0.2, 0.25) is 10.0 Å². The van der Waals surface area contributed by atoms with Gasteiger partial charge in [0.25, 0.3) is 5.69 Å². The average molecular weight is 348 g/mol. The zero-order chi connectivity index (χ0) is 15.0. The molecular weight excluding hydrogens is 330 g/mol. The van der Waals surface area contributed by atoms with Crippen molar-refractivity contribution in [1.29, 1.82) is 0 Å². The molecule has 2 aliphatic heterocycles. The van der Waals surface area contributed by atoms with Crippen molar-refractivity contribution in [2.24, 2.45) is 11.8 Å². The Morgan fingerprint density at radius 1 is 1.18 bits per heavy atom. The Bertz CT molecular complexity index is 638. The number of nitro benzene ring substituents is 1. The number of nitro groups is 1. The summed E-state index contributed by atoms with van der Waals surface area (Å²) in [4.78, 5) is 10.1. The van der Waals surface area contributed by atoms with Gasteiger partial charge in [0.05, 0.1) is 10.7 Å². The molecule has 0 amide bonds. The van der Waals surface area contributed by atoms with Gasteiger partial charge in [-0.05, 0) is 30.5 Å². The van der Waals surface area contributed by atoms with Crippen LogP contribution in [0.5, 0.6) is 0 Å². The lowest BCUT2D eigenvalue weighted by molar-refractivity contribution is -0.384. The van der Waals surface area contributed by atoms with Gasteiger partial charge in [-0.15, -0.1) is 12.4 Å². The third-order valence-corrected chi connectivity index (χ3v) is 6.03. The molecule has 2 aliphatic rings. The molecule has 2 heterocycles. The summed E-state index contributed by atoms with van der Waals surface area (Å²) in [6.07, 6.45) is 0. The molecule has 1 N–H and O–H groups in total. The van der Waals surface area contributed by atoms with Crippen molar-refractivity contribution in [2.75, 3.05) is 26.2 Å². The van der Waals surface area contributed by atoms with Gasteiger partial charge in [-0.3, -0.25) is 10.1 Å². The number of fused-ring (bicyclic) bond motifs is 1. The first-order valence-electron chi connectivity index (χ1n) is 6.87. The summed E-state index contributed by atoms with van der Waals surface area (Å²) in [5.41, 5.74) is 0.550. The molecule has 2 atom stereocenters. The lowest BCUT2D eigenvalue weighted by Crippen LogP contribution is -2.32. The topological polar surface area (TPSA) is 92.5 Å². The maximum absolute atomic E-state index is 12.4. The van der Waals surface area contributed by atoms with Crippen molar-refractivity contribution in [2.45, 2.75) is 5.75 Å². The summed E-state index contributed by atoms with van der Waals surface area (Å²) in [5.74, 6) is 0.728. The van der Waals surface area contributed by atoms with Crippen LogP contribution in [0.4, 0.5) is 5.69 Å². The molecule has 0 spiro atoms. The van der Waals surface area contributed by atoms with Gasteiger partial charge in [0, 0.05) is 25.2 Å². The second-order valence-corrected chi connectivity index (χ2v) is 7.64. The first kappa shape index (κ1) is 17.1. The van der Waals surface area contributed by atoms with Gasteiger partial charge < -0.3 is 5.32 Å². The molecule has 0 unspecified atom stereocenters. The van der Waals surface area contributed by atoms with Crippen molar-refractivity contribution >= 4 is 28.1 Å². The molecule has 0 aliphatic carbocycles. The first-order chi connectivity index (χ1) is 9.95. The van der Waals surface area contributed by atoms with Crippen molar-refractivity contribution < 1.29 is 13.3 Å². The lowest BCUT2D eigenvalue weighted by atomic mass is 10.0. The number of rotatable bonds is 4. The zero-order valence-electron chi connectivity index (χ0n) is 11.8. The lowest BCUT2D eigenvalue weighted by Gasteiger charge is -2.17. The predicted molar refractivity (Wildman–Crippen MR) is 84.4 cm³/mol. The minimum atomic E-state index is -3.35. The van der Waals surface area contributed by atoms with E-state index in [1.807, 2.05) is 0 Å². The van der Waals surface area contributed by atoms with E-state index < -0.39 is 14.9 Å². The van der Waals surface area contributed by atoms with Crippen LogP contribution in [0.25, 0.3) is 0 Å². The van der Waals surface area contributed by atoms with Gasteiger partial charge >= 0.3 is 0 Å². The van der Waals surface area contributed by atoms with Crippen LogP contribution < -0.4 is 5.32 Å². The number of non-ortho nitro benzene ring substituents is 1. The normalized spacial score (nSPS) is 24.7. The minimum Gasteiger partial charge on any atom is -0.316 e. The van der Waals surface area contributed by atoms with Crippen LogP contribution in [0.3, 0.4) is 0 Å². The average Bonchev–Trinajstić information content (AvgIpc) is 2.99. The molecule has 0 aromatic heterocycles. The number of nitrogens with zero attached hydrogens (tertiary/aromatic N) is 2. The summed E-state index contributed by atoms with van der Waals surface area (Å²) in [6, 6.07) is 5.70. The van der Waals surface area contributed by atoms with E-state index in [-0.39, 0.29) is 23.8 Å². The van der Waals surface area contributed by atoms with Gasteiger partial charge in [0.15, 0.2) is 0 Å². The maximum atomic E-state index is 12.4. The van der Waals surface area contributed by atoms with Gasteiger partial charge in [0.1, 0.15) is 0 Å². The molecular formula is C13H18ClN3O4S. The number of nitrogens with one attached hydrogen (secondary N) is 1. The molecule has 3 rings (SSSR count). The summed E-state index contributed by atoms with van der Waals surface area (Å²) in [5, 5.41) is 13.9. The first-order valence-corrected chi connectivity index (χ1v) is 8.48. The van der Waals surface area contributed by atoms with E-state index in [1.165, 1.54) is 24.3 Å². The number of sulfonamides is 1. The van der Waals surface area contributed by atoms with E-state index in [0.29, 0.717) is 30.5 Å². The van der Waals surface area contributed by atoms with Crippen LogP contribution in [-0.4, -0.2) is 43.8 Å². The number of benzene rings is 1. The zero-order valence-corrected chi connectivity index (χ0v) is 13.5. The van der Waals surface area contributed by atoms with Crippen LogP contribution in [0, 0.1) is 22.0 Å². The van der Waals surface area contributed by atoms with Crippen LogP contribution in [0.1, 0.15) is 5.56 Å². The highest BCUT2D eigenvalue weighted by Gasteiger charge is 2.40. The summed E-state index contributed by atoms with van der Waals surface area (Å²) in [7, 11) is -3.35. The molecule has 9 heteroatoms. The molecule has 0 radical (unpaired) electrons. The highest BCUT2D eigenvalue weighted by atomic mass is 35.5. The fraction of sp³-hybridized carbons (Fsp3) is 0.538. The molecule has 0 bridgehead atoms. The number of hydrogen-bond donors (Lipinski definition) is 1. The Morgan fingerprint density at radius 2 is 1.73 bits per heavy atom. The van der Waals surface area contributed by atoms with Crippen LogP contribution in [0.15, 0.2) is 24.3 Å². The van der Waals surface area contributed by atoms with E-state index >= 15 is 0 Å². The van der Waals surface area contributed by atoms with Crippen LogP contribution >= 0.6 is 12.4 Å². The van der Waals surface area contributed by atoms with E-state index in [1.54, 1.807) is 4.31 Å². The quantitative estimate of drug-likeness (QED) is 0.648. The second-order valence-electron chi connectivity index (χ2n) is 5.68. The number of halogens is 1. The van der Waals surface area contributed by atoms with Crippen molar-refractivity contribution in [3.63, 3.8) is 0 Å². The Morgan fingerprint density at radius 3 is 2.23 bits per heavy atom. The smallest absolute Gasteiger partial charge is 0.269 e. The third kappa shape index (κ3) is 3.40. The molecule has 0 saturated carbocycles. The van der Waals surface area contributed by atoms with Gasteiger partial charge in [-0.25, -0.2) is 12.7 Å². The SMILES string of the molecule is Cl.O=[N+]([O-])c1ccc(CS(=O)(=O)N2C[C@H]3CNC[C@H]3C2)cc1. The monoisotopic (exact) mass is 347 g/mol. The predicted octanol–water partition coefficient (Wildman–Crippen LogP) is 0.998. The summed E-state index contributed by atoms with van der Waals surface area (Å²) in [6.45, 7) is 2.92. The van der Waals surface area contributed by atoms with E-state index in [0.717, 1.165) is 13.1 Å². The van der Waals surface area contributed by atoms with Crippen LogP contribution in [0.2, 0.25) is 0 Å². The molecule has 2 saturated heterocycles. The van der Waals surface area contributed by atoms with Crippen molar-refractivity contribution in [3.05, 3.63) is 39.9 Å². The fourth-order valence-corrected chi connectivity index (χ4v) is 4.69. The Balaban J connectivity index is 0.00000176. The molecule has 122 valence electrons. The van der Waals surface area contributed by atoms with Gasteiger partial charge in [-0.2, -0.15) is 0 Å². The van der Waals surface area contributed by atoms with Crippen LogP contribution in [-0.2, 0) is 15.8 Å². The standard InChI is InChI=1S/C13H17N3O4S.ClH/c17-16(18)13-3-1-10(2-4-13)9-21(19,20)15-7-11-5-14-6-12(11)8-15;/h1-4,11-12,14H,5-9H2;1H/t11-,12+;.